The lowest BCUT2D eigenvalue weighted by atomic mass is 10.1. The lowest BCUT2D eigenvalue weighted by Crippen LogP contribution is -2.18. The van der Waals surface area contributed by atoms with Crippen molar-refractivity contribution in [1.82, 2.24) is 0 Å². The molecule has 0 bridgehead atoms. The normalized spacial score (nSPS) is 10.1. The highest BCUT2D eigenvalue weighted by atomic mass is 16.5. The van der Waals surface area contributed by atoms with Crippen LogP contribution in [0.5, 0.6) is 17.2 Å². The monoisotopic (exact) mass is 319 g/mol. The van der Waals surface area contributed by atoms with Gasteiger partial charge in [-0.2, -0.15) is 0 Å². The van der Waals surface area contributed by atoms with E-state index in [1.54, 1.807) is 13.0 Å². The first kappa shape index (κ1) is 16.4. The van der Waals surface area contributed by atoms with Crippen LogP contribution in [0.25, 0.3) is 0 Å². The Labute approximate surface area is 132 Å². The van der Waals surface area contributed by atoms with Crippen molar-refractivity contribution in [2.45, 2.75) is 6.92 Å². The first-order valence-corrected chi connectivity index (χ1v) is 6.72. The first-order valence-electron chi connectivity index (χ1n) is 6.72. The van der Waals surface area contributed by atoms with Gasteiger partial charge >= 0.3 is 5.63 Å². The molecule has 0 fully saturated rings. The zero-order valence-corrected chi connectivity index (χ0v) is 13.3. The average Bonchev–Trinajstić information content (AvgIpc) is 2.55. The molecule has 1 N–H and O–H groups in total. The predicted octanol–water partition coefficient (Wildman–Crippen LogP) is 2.23. The molecule has 0 radical (unpaired) electrons. The topological polar surface area (TPSA) is 87.0 Å². The molecule has 0 unspecified atom stereocenters. The van der Waals surface area contributed by atoms with Crippen LogP contribution < -0.4 is 25.2 Å². The number of rotatable bonds is 5. The Bertz CT molecular complexity index is 755. The lowest BCUT2D eigenvalue weighted by Gasteiger charge is -2.13. The zero-order chi connectivity index (χ0) is 17.0. The van der Waals surface area contributed by atoms with Crippen molar-refractivity contribution in [3.05, 3.63) is 46.0 Å². The molecule has 7 nitrogen and oxygen atoms in total. The predicted molar refractivity (Wildman–Crippen MR) is 83.8 cm³/mol. The molecule has 0 saturated carbocycles. The summed E-state index contributed by atoms with van der Waals surface area (Å²) in [5, 5.41) is 2.50. The molecule has 7 heteroatoms. The van der Waals surface area contributed by atoms with Gasteiger partial charge in [0.15, 0.2) is 11.5 Å². The van der Waals surface area contributed by atoms with E-state index in [0.29, 0.717) is 23.0 Å². The summed E-state index contributed by atoms with van der Waals surface area (Å²) < 4.78 is 20.5. The summed E-state index contributed by atoms with van der Waals surface area (Å²) in [6.45, 7) is 1.65. The van der Waals surface area contributed by atoms with E-state index < -0.39 is 11.5 Å². The van der Waals surface area contributed by atoms with Gasteiger partial charge in [-0.3, -0.25) is 4.79 Å². The molecule has 1 heterocycles. The van der Waals surface area contributed by atoms with Crippen LogP contribution in [0.4, 0.5) is 5.69 Å². The number of ether oxygens (including phenoxy) is 3. The molecule has 0 saturated heterocycles. The molecule has 0 aliphatic heterocycles. The Kier molecular flexibility index (Phi) is 4.90. The number of hydrogen-bond donors (Lipinski definition) is 1. The fourth-order valence-electron chi connectivity index (χ4n) is 2.00. The van der Waals surface area contributed by atoms with Crippen LogP contribution in [0.2, 0.25) is 0 Å². The number of nitrogens with one attached hydrogen (secondary N) is 1. The molecule has 0 spiro atoms. The number of carbonyl (C=O) groups excluding carboxylic acids is 1. The van der Waals surface area contributed by atoms with E-state index >= 15 is 0 Å². The van der Waals surface area contributed by atoms with Crippen molar-refractivity contribution in [2.75, 3.05) is 26.6 Å². The summed E-state index contributed by atoms with van der Waals surface area (Å²) in [6, 6.07) is 6.06. The van der Waals surface area contributed by atoms with Gasteiger partial charge in [-0.1, -0.05) is 0 Å². The second-order valence-corrected chi connectivity index (χ2v) is 4.62. The smallest absolute Gasteiger partial charge is 0.359 e. The van der Waals surface area contributed by atoms with Crippen LogP contribution in [-0.2, 0) is 0 Å². The molecule has 0 atom stereocenters. The van der Waals surface area contributed by atoms with Gasteiger partial charge < -0.3 is 23.9 Å². The summed E-state index contributed by atoms with van der Waals surface area (Å²) >= 11 is 0. The highest BCUT2D eigenvalue weighted by molar-refractivity contribution is 6.05. The van der Waals surface area contributed by atoms with Crippen molar-refractivity contribution in [2.24, 2.45) is 0 Å². The second kappa shape index (κ2) is 6.87. The highest BCUT2D eigenvalue weighted by Crippen LogP contribution is 2.38. The third-order valence-electron chi connectivity index (χ3n) is 3.13. The molecule has 1 aromatic carbocycles. The van der Waals surface area contributed by atoms with E-state index in [9.17, 15) is 9.59 Å². The van der Waals surface area contributed by atoms with Gasteiger partial charge in [-0.25, -0.2) is 4.79 Å². The standard InChI is InChI=1S/C16H17NO6/c1-9-5-6-11(16(19)23-9)17-15(18)10-7-12(20-2)14(22-4)13(8-10)21-3/h5-8H,1-4H3,(H,17,18). The maximum atomic E-state index is 12.3. The van der Waals surface area contributed by atoms with E-state index in [1.807, 2.05) is 0 Å². The van der Waals surface area contributed by atoms with Crippen molar-refractivity contribution in [1.29, 1.82) is 0 Å². The van der Waals surface area contributed by atoms with Gasteiger partial charge in [-0.05, 0) is 31.2 Å². The summed E-state index contributed by atoms with van der Waals surface area (Å²) in [4.78, 5) is 24.0. The Morgan fingerprint density at radius 1 is 1.04 bits per heavy atom. The molecule has 23 heavy (non-hydrogen) atoms. The minimum atomic E-state index is -0.620. The minimum Gasteiger partial charge on any atom is -0.493 e. The van der Waals surface area contributed by atoms with Crippen LogP contribution in [-0.4, -0.2) is 27.2 Å². The van der Waals surface area contributed by atoms with Crippen molar-refractivity contribution in [3.8, 4) is 17.2 Å². The fraction of sp³-hybridized carbons (Fsp3) is 0.250. The maximum absolute atomic E-state index is 12.3. The molecule has 0 aliphatic carbocycles. The number of amides is 1. The molecular weight excluding hydrogens is 302 g/mol. The van der Waals surface area contributed by atoms with Crippen LogP contribution in [0.15, 0.2) is 33.5 Å². The summed E-state index contributed by atoms with van der Waals surface area (Å²) in [7, 11) is 4.37. The lowest BCUT2D eigenvalue weighted by molar-refractivity contribution is 0.102. The van der Waals surface area contributed by atoms with Gasteiger partial charge in [0.2, 0.25) is 5.75 Å². The highest BCUT2D eigenvalue weighted by Gasteiger charge is 2.18. The van der Waals surface area contributed by atoms with Gasteiger partial charge in [0.25, 0.3) is 5.91 Å². The van der Waals surface area contributed by atoms with Crippen LogP contribution in [0, 0.1) is 6.92 Å². The van der Waals surface area contributed by atoms with Crippen LogP contribution in [0.1, 0.15) is 16.1 Å². The quantitative estimate of drug-likeness (QED) is 0.909. The number of hydrogen-bond acceptors (Lipinski definition) is 6. The molecule has 122 valence electrons. The molecule has 1 aromatic heterocycles. The minimum absolute atomic E-state index is 0.0503. The second-order valence-electron chi connectivity index (χ2n) is 4.62. The van der Waals surface area contributed by atoms with Crippen molar-refractivity contribution >= 4 is 11.6 Å². The largest absolute Gasteiger partial charge is 0.493 e. The summed E-state index contributed by atoms with van der Waals surface area (Å²) in [5.41, 5.74) is -0.320. The van der Waals surface area contributed by atoms with Gasteiger partial charge in [0, 0.05) is 5.56 Å². The fourth-order valence-corrected chi connectivity index (χ4v) is 2.00. The van der Waals surface area contributed by atoms with E-state index in [1.165, 1.54) is 39.5 Å². The Morgan fingerprint density at radius 2 is 1.65 bits per heavy atom. The maximum Gasteiger partial charge on any atom is 0.359 e. The third kappa shape index (κ3) is 3.45. The van der Waals surface area contributed by atoms with E-state index in [2.05, 4.69) is 5.32 Å². The number of methoxy groups -OCH3 is 3. The third-order valence-corrected chi connectivity index (χ3v) is 3.13. The van der Waals surface area contributed by atoms with E-state index in [0.717, 1.165) is 0 Å². The average molecular weight is 319 g/mol. The number of benzene rings is 1. The van der Waals surface area contributed by atoms with Gasteiger partial charge in [0.05, 0.1) is 21.3 Å². The Hall–Kier alpha value is -2.96. The first-order chi connectivity index (χ1) is 11.0. The van der Waals surface area contributed by atoms with Crippen molar-refractivity contribution < 1.29 is 23.4 Å². The van der Waals surface area contributed by atoms with Gasteiger partial charge in [0.1, 0.15) is 11.4 Å². The van der Waals surface area contributed by atoms with Crippen molar-refractivity contribution in [3.63, 3.8) is 0 Å². The number of carbonyl (C=O) groups is 1. The van der Waals surface area contributed by atoms with Crippen LogP contribution in [0.3, 0.4) is 0 Å². The molecule has 0 aliphatic rings. The Morgan fingerprint density at radius 3 is 2.13 bits per heavy atom. The van der Waals surface area contributed by atoms with E-state index in [-0.39, 0.29) is 11.3 Å². The zero-order valence-electron chi connectivity index (χ0n) is 13.3. The van der Waals surface area contributed by atoms with E-state index in [4.69, 9.17) is 18.6 Å². The van der Waals surface area contributed by atoms with Crippen LogP contribution >= 0.6 is 0 Å². The SMILES string of the molecule is COc1cc(C(=O)Nc2ccc(C)oc2=O)cc(OC)c1OC. The van der Waals surface area contributed by atoms with Gasteiger partial charge in [-0.15, -0.1) is 0 Å². The molecule has 2 rings (SSSR count). The summed E-state index contributed by atoms with van der Waals surface area (Å²) in [6.07, 6.45) is 0. The molecule has 1 amide bonds. The number of anilines is 1. The summed E-state index contributed by atoms with van der Waals surface area (Å²) in [5.74, 6) is 1.02. The Balaban J connectivity index is 2.37. The number of aryl methyl sites for hydroxylation is 1. The molecule has 2 aromatic rings. The molecular formula is C16H17NO6.